The molecule has 26 heteroatoms. The van der Waals surface area contributed by atoms with Crippen LogP contribution in [0.4, 0.5) is 0 Å². The Bertz CT molecular complexity index is 5640. The topological polar surface area (TPSA) is 222 Å². The molecule has 24 nitrogen and oxygen atoms in total. The van der Waals surface area contributed by atoms with Gasteiger partial charge in [0, 0.05) is 151 Å². The van der Waals surface area contributed by atoms with E-state index in [1.54, 1.807) is 21.6 Å². The molecule has 8 aromatic rings. The molecule has 0 N–H and O–H groups in total. The Labute approximate surface area is 870 Å². The second-order valence-corrected chi connectivity index (χ2v) is 44.0. The van der Waals surface area contributed by atoms with E-state index >= 15 is 0 Å². The van der Waals surface area contributed by atoms with Gasteiger partial charge in [0.1, 0.15) is 0 Å². The van der Waals surface area contributed by atoms with Crippen LogP contribution in [0.1, 0.15) is 395 Å². The van der Waals surface area contributed by atoms with E-state index in [1.165, 1.54) is 11.1 Å². The van der Waals surface area contributed by atoms with Gasteiger partial charge in [-0.3, -0.25) is 0 Å². The van der Waals surface area contributed by atoms with Gasteiger partial charge in [-0.2, -0.15) is 0 Å². The highest BCUT2D eigenvalue weighted by atomic mass is 33.1. The van der Waals surface area contributed by atoms with Gasteiger partial charge in [0.15, 0.2) is 92.0 Å². The lowest BCUT2D eigenvalue weighted by molar-refractivity contribution is 0.0809. The minimum absolute atomic E-state index is 0.199. The van der Waals surface area contributed by atoms with E-state index in [0.29, 0.717) is 278 Å². The maximum Gasteiger partial charge on any atom is 0.231 e. The van der Waals surface area contributed by atoms with Crippen LogP contribution in [0.3, 0.4) is 0 Å². The molecule has 0 radical (unpaired) electrons. The fourth-order valence-corrected chi connectivity index (χ4v) is 26.4. The quantitative estimate of drug-likeness (QED) is 0.0282. The van der Waals surface area contributed by atoms with Crippen molar-refractivity contribution < 1.29 is 114 Å². The second kappa shape index (κ2) is 48.1. The summed E-state index contributed by atoms with van der Waals surface area (Å²) in [6.45, 7) is 18.7. The molecule has 0 spiro atoms. The van der Waals surface area contributed by atoms with E-state index in [9.17, 15) is 0 Å². The largest absolute Gasteiger partial charge is 0.486 e. The van der Waals surface area contributed by atoms with Gasteiger partial charge in [-0.15, -0.1) is 0 Å². The van der Waals surface area contributed by atoms with Crippen LogP contribution in [0, 0.1) is 0 Å². The molecule has 0 aliphatic carbocycles. The molecule has 0 saturated heterocycles. The Morgan fingerprint density at radius 3 is 0.651 bits per heavy atom. The molecule has 0 fully saturated rings. The Morgan fingerprint density at radius 1 is 0.192 bits per heavy atom. The molecule has 0 amide bonds. The van der Waals surface area contributed by atoms with Crippen LogP contribution in [-0.4, -0.2) is 119 Å². The van der Waals surface area contributed by atoms with Crippen molar-refractivity contribution in [3.63, 3.8) is 0 Å². The van der Waals surface area contributed by atoms with Crippen molar-refractivity contribution in [3.8, 4) is 138 Å². The first kappa shape index (κ1) is 102. The Morgan fingerprint density at radius 2 is 0.390 bits per heavy atom. The van der Waals surface area contributed by atoms with Crippen molar-refractivity contribution in [2.24, 2.45) is 0 Å². The third-order valence-corrected chi connectivity index (χ3v) is 34.2. The van der Waals surface area contributed by atoms with E-state index in [4.69, 9.17) is 114 Å². The molecular formula is C120H152O24S2. The lowest BCUT2D eigenvalue weighted by Crippen LogP contribution is -2.25. The fourth-order valence-electron chi connectivity index (χ4n) is 24.8. The molecule has 14 heterocycles. The van der Waals surface area contributed by atoms with Crippen LogP contribution in [0.5, 0.6) is 138 Å². The molecule has 0 saturated carbocycles. The monoisotopic (exact) mass is 2040 g/mol. The zero-order chi connectivity index (χ0) is 99.4. The maximum absolute atomic E-state index is 7.82. The van der Waals surface area contributed by atoms with E-state index < -0.39 is 0 Å². The van der Waals surface area contributed by atoms with E-state index in [0.717, 1.165) is 278 Å². The first-order valence-electron chi connectivity index (χ1n) is 56.2. The molecular weight excluding hydrogens is 1890 g/mol. The minimum Gasteiger partial charge on any atom is -0.486 e. The summed E-state index contributed by atoms with van der Waals surface area (Å²) in [5.41, 5.74) is 23.1. The Hall–Kier alpha value is -10.3. The summed E-state index contributed by atoms with van der Waals surface area (Å²) in [6, 6.07) is 4.80. The van der Waals surface area contributed by atoms with Crippen molar-refractivity contribution in [2.75, 3.05) is 119 Å². The summed E-state index contributed by atoms with van der Waals surface area (Å²) in [7, 11) is 3.49. The average Bonchev–Trinajstić information content (AvgIpc) is 0.718. The van der Waals surface area contributed by atoms with Gasteiger partial charge in [0.25, 0.3) is 0 Å². The van der Waals surface area contributed by atoms with Crippen LogP contribution in [-0.2, 0) is 77.0 Å². The van der Waals surface area contributed by atoms with Crippen LogP contribution in [0.2, 0.25) is 0 Å². The summed E-state index contributed by atoms with van der Waals surface area (Å²) in [5.74, 6) is 13.8. The third-order valence-electron chi connectivity index (χ3n) is 31.8. The summed E-state index contributed by atoms with van der Waals surface area (Å²) in [4.78, 5) is 0. The fraction of sp³-hybridized carbons (Fsp3) is 0.600. The van der Waals surface area contributed by atoms with Gasteiger partial charge < -0.3 is 114 Å². The summed E-state index contributed by atoms with van der Waals surface area (Å²) >= 11 is 0. The van der Waals surface area contributed by atoms with Gasteiger partial charge in [-0.05, 0) is 174 Å². The first-order valence-corrected chi connectivity index (χ1v) is 58.7. The molecule has 22 rings (SSSR count). The average molecular weight is 2040 g/mol. The number of ether oxygens (including phenoxy) is 24. The molecule has 14 aliphatic rings. The number of benzene rings is 8. The van der Waals surface area contributed by atoms with Crippen LogP contribution >= 0.6 is 21.6 Å². The molecule has 2 atom stereocenters. The second-order valence-electron chi connectivity index (χ2n) is 41.3. The highest BCUT2D eigenvalue weighted by Gasteiger charge is 2.47. The van der Waals surface area contributed by atoms with E-state index in [-0.39, 0.29) is 106 Å². The van der Waals surface area contributed by atoms with Gasteiger partial charge in [0.2, 0.25) is 100 Å². The Balaban J connectivity index is 0.897. The number of unbranched alkanes of at least 4 members (excludes halogenated alkanes) is 16. The molecule has 788 valence electrons. The smallest absolute Gasteiger partial charge is 0.231 e. The zero-order valence-corrected chi connectivity index (χ0v) is 89.4. The summed E-state index contributed by atoms with van der Waals surface area (Å²) < 4.78 is 182. The van der Waals surface area contributed by atoms with Crippen molar-refractivity contribution >= 4 is 21.6 Å². The first-order chi connectivity index (χ1) is 72.3. The van der Waals surface area contributed by atoms with Gasteiger partial charge >= 0.3 is 0 Å². The highest BCUT2D eigenvalue weighted by molar-refractivity contribution is 8.76. The molecule has 14 aliphatic heterocycles. The normalized spacial score (nSPS) is 17.9. The number of rotatable bonds is 32. The van der Waals surface area contributed by atoms with Crippen LogP contribution < -0.4 is 114 Å². The number of hydrogen-bond acceptors (Lipinski definition) is 26. The summed E-state index contributed by atoms with van der Waals surface area (Å²) in [5, 5.41) is 0. The van der Waals surface area contributed by atoms with Gasteiger partial charge in [-0.25, -0.2) is 0 Å². The van der Waals surface area contributed by atoms with Gasteiger partial charge in [0.05, 0.1) is 52.9 Å². The van der Waals surface area contributed by atoms with Gasteiger partial charge in [-0.1, -0.05) is 193 Å². The molecule has 0 aromatic heterocycles. The van der Waals surface area contributed by atoms with E-state index in [1.807, 2.05) is 0 Å². The lowest BCUT2D eigenvalue weighted by Gasteiger charge is -2.36. The minimum atomic E-state index is -0.371. The summed E-state index contributed by atoms with van der Waals surface area (Å²) in [6.07, 6.45) is 34.3. The Kier molecular flexibility index (Phi) is 33.4. The zero-order valence-electron chi connectivity index (χ0n) is 87.8. The van der Waals surface area contributed by atoms with Crippen molar-refractivity contribution in [2.45, 2.75) is 350 Å². The van der Waals surface area contributed by atoms with Crippen LogP contribution in [0.15, 0.2) is 12.1 Å². The maximum atomic E-state index is 7.82. The number of hydrogen-bond donors (Lipinski definition) is 0. The van der Waals surface area contributed by atoms with Crippen molar-refractivity contribution in [1.82, 2.24) is 0 Å². The third kappa shape index (κ3) is 20.4. The predicted octanol–water partition coefficient (Wildman–Crippen LogP) is 28.0. The van der Waals surface area contributed by atoms with Crippen molar-refractivity contribution in [3.05, 3.63) is 135 Å². The SMILES string of the molecule is CCCCCc1c2c3c4c5c1Cc1c(CCCCC)c6c7c(c1OCO5)OCCSSCCOc1c5c8c(CCCCC)c9c1OCOc1c(c(CCCCC)c%10c%11c1OCCCCOc1c(c(c(CCCCC)c%12c1OCOc1c(cc(c(c1OCCCCOc1c%13c(cc(c1OCO%11)C%10CCCCC)Cc1c(CCCCC)c(c(c(c1OCO%13)OCCCCO4)OCO5)C8)OCO3)C2)C%12CCCCC)C6)OCO7)C9. The standard InChI is InChI=1S/C120H152O24S2/c1-9-17-25-39-75-83-57-73-59-85-79(43-29-21-13-5)95-81(45-31-23-15-7)93-63-91-77(41-27-19-11-3)89-61-87(75)103-115-99(83)131-65-129-97(73)113-101(85)141-71-143-111(95)119-109(93)139-69-137-107(91)117(105(89)135-67-133-103)127-53-55-145-146-56-54-128-118-106-90-62-88-76(40-26-18-10-2)84-58-74-60-86-80(44-30-22-14-6)96-82(46-32-24-16-8)94-64-92(78(90)42-28-20-12-4)108(118)138-70-140-110(94)120(126-52-38-37-51-125-119)112(96)144-72-142-102(86)114(122-48-34-33-47-121-113)98(74)130-66-132-100(84)116(104(88)134-68-136-106)124-50-36-35-49-123-115/h59-60,79-80H,9-58,61-72H2,1-8H3. The number of fused-ring (bicyclic) bond motifs is 13. The molecule has 38 bridgehead atoms. The molecule has 2 unspecified atom stereocenters. The van der Waals surface area contributed by atoms with Crippen molar-refractivity contribution in [1.29, 1.82) is 0 Å². The predicted molar refractivity (Wildman–Crippen MR) is 565 cm³/mol. The highest BCUT2D eigenvalue weighted by Crippen LogP contribution is 2.65. The molecule has 146 heavy (non-hydrogen) atoms. The lowest BCUT2D eigenvalue weighted by atomic mass is 9.77. The molecule has 8 aromatic carbocycles. The van der Waals surface area contributed by atoms with Crippen LogP contribution in [0.25, 0.3) is 0 Å². The van der Waals surface area contributed by atoms with E-state index in [2.05, 4.69) is 67.5 Å².